The number of thiophene rings is 1. The second-order valence-corrected chi connectivity index (χ2v) is 6.00. The minimum Gasteiger partial charge on any atom is -0.479 e. The first-order valence-corrected chi connectivity index (χ1v) is 6.26. The number of carboxylic acid groups (broad SMARTS) is 1. The van der Waals surface area contributed by atoms with Gasteiger partial charge in [0, 0.05) is 16.3 Å². The molecule has 15 heavy (non-hydrogen) atoms. The zero-order valence-electron chi connectivity index (χ0n) is 7.58. The molecule has 1 atom stereocenters. The van der Waals surface area contributed by atoms with E-state index in [2.05, 4.69) is 37.2 Å². The summed E-state index contributed by atoms with van der Waals surface area (Å²) < 4.78 is 1.58. The van der Waals surface area contributed by atoms with Crippen molar-refractivity contribution in [2.24, 2.45) is 0 Å². The van der Waals surface area contributed by atoms with E-state index in [-0.39, 0.29) is 5.91 Å². The van der Waals surface area contributed by atoms with Crippen LogP contribution in [0.5, 0.6) is 0 Å². The molecule has 0 bridgehead atoms. The van der Waals surface area contributed by atoms with Crippen LogP contribution in [0.3, 0.4) is 0 Å². The summed E-state index contributed by atoms with van der Waals surface area (Å²) in [5, 5.41) is 11.3. The van der Waals surface area contributed by atoms with E-state index >= 15 is 0 Å². The molecule has 7 heteroatoms. The highest BCUT2D eigenvalue weighted by molar-refractivity contribution is 9.13. The Kier molecular flexibility index (Phi) is 4.30. The summed E-state index contributed by atoms with van der Waals surface area (Å²) in [6.45, 7) is 1.29. The molecule has 0 aromatic carbocycles. The zero-order valence-corrected chi connectivity index (χ0v) is 11.6. The molecule has 1 aromatic heterocycles. The fourth-order valence-corrected chi connectivity index (χ4v) is 3.10. The third kappa shape index (κ3) is 3.29. The molecule has 0 saturated carbocycles. The summed E-state index contributed by atoms with van der Waals surface area (Å²) in [5.74, 6) is -1.45. The molecular formula is C8H7Br2NO3S. The van der Waals surface area contributed by atoms with Gasteiger partial charge in [-0.3, -0.25) is 4.79 Å². The van der Waals surface area contributed by atoms with Crippen LogP contribution in [0.25, 0.3) is 0 Å². The van der Waals surface area contributed by atoms with Crippen LogP contribution < -0.4 is 5.32 Å². The molecule has 82 valence electrons. The topological polar surface area (TPSA) is 66.4 Å². The third-order valence-corrected chi connectivity index (χ3v) is 4.86. The number of carbonyl (C=O) groups is 2. The first kappa shape index (κ1) is 12.7. The summed E-state index contributed by atoms with van der Waals surface area (Å²) in [6, 6.07) is 0.679. The number of halogens is 2. The van der Waals surface area contributed by atoms with E-state index in [1.165, 1.54) is 18.3 Å². The maximum absolute atomic E-state index is 10.9. The lowest BCUT2D eigenvalue weighted by Gasteiger charge is -2.10. The summed E-state index contributed by atoms with van der Waals surface area (Å²) in [6.07, 6.45) is 0. The van der Waals surface area contributed by atoms with Gasteiger partial charge in [-0.25, -0.2) is 4.79 Å². The molecule has 1 unspecified atom stereocenters. The fraction of sp³-hybridized carbons (Fsp3) is 0.250. The number of amides is 1. The molecule has 0 fully saturated rings. The van der Waals surface area contributed by atoms with Gasteiger partial charge in [0.2, 0.25) is 5.91 Å². The largest absolute Gasteiger partial charge is 0.479 e. The van der Waals surface area contributed by atoms with Crippen molar-refractivity contribution >= 4 is 55.1 Å². The Morgan fingerprint density at radius 2 is 2.13 bits per heavy atom. The number of aliphatic carboxylic acids is 1. The van der Waals surface area contributed by atoms with Crippen molar-refractivity contribution in [2.75, 3.05) is 0 Å². The maximum Gasteiger partial charge on any atom is 0.331 e. The van der Waals surface area contributed by atoms with Crippen LogP contribution in [0.1, 0.15) is 17.8 Å². The zero-order chi connectivity index (χ0) is 11.6. The van der Waals surface area contributed by atoms with Gasteiger partial charge in [0.1, 0.15) is 0 Å². The number of rotatable bonds is 3. The van der Waals surface area contributed by atoms with Gasteiger partial charge in [0.15, 0.2) is 6.04 Å². The first-order valence-electron chi connectivity index (χ1n) is 3.86. The highest BCUT2D eigenvalue weighted by Gasteiger charge is 2.23. The minimum atomic E-state index is -1.08. The van der Waals surface area contributed by atoms with E-state index < -0.39 is 12.0 Å². The number of carbonyl (C=O) groups excluding carboxylic acids is 1. The van der Waals surface area contributed by atoms with Crippen LogP contribution >= 0.6 is 43.2 Å². The molecule has 0 aliphatic carbocycles. The molecule has 0 aliphatic heterocycles. The molecule has 0 saturated heterocycles. The summed E-state index contributed by atoms with van der Waals surface area (Å²) in [4.78, 5) is 22.3. The predicted octanol–water partition coefficient (Wildman–Crippen LogP) is 2.53. The Morgan fingerprint density at radius 1 is 1.53 bits per heavy atom. The number of hydrogen-bond donors (Lipinski definition) is 2. The molecule has 1 heterocycles. The van der Waals surface area contributed by atoms with Crippen molar-refractivity contribution in [3.05, 3.63) is 19.2 Å². The van der Waals surface area contributed by atoms with Crippen molar-refractivity contribution in [2.45, 2.75) is 13.0 Å². The van der Waals surface area contributed by atoms with Crippen molar-refractivity contribution in [3.63, 3.8) is 0 Å². The van der Waals surface area contributed by atoms with Gasteiger partial charge in [-0.1, -0.05) is 0 Å². The predicted molar refractivity (Wildman–Crippen MR) is 63.9 cm³/mol. The molecule has 2 N–H and O–H groups in total. The van der Waals surface area contributed by atoms with Crippen LogP contribution in [0.2, 0.25) is 0 Å². The average Bonchev–Trinajstić information content (AvgIpc) is 2.42. The lowest BCUT2D eigenvalue weighted by Crippen LogP contribution is -2.31. The van der Waals surface area contributed by atoms with Crippen molar-refractivity contribution < 1.29 is 14.7 Å². The van der Waals surface area contributed by atoms with Gasteiger partial charge in [-0.2, -0.15) is 0 Å². The number of carboxylic acids is 1. The third-order valence-electron chi connectivity index (χ3n) is 1.54. The lowest BCUT2D eigenvalue weighted by atomic mass is 10.2. The van der Waals surface area contributed by atoms with Gasteiger partial charge in [0.25, 0.3) is 0 Å². The van der Waals surface area contributed by atoms with Crippen LogP contribution in [0.15, 0.2) is 14.3 Å². The summed E-state index contributed by atoms with van der Waals surface area (Å²) >= 11 is 7.79. The molecule has 1 rings (SSSR count). The quantitative estimate of drug-likeness (QED) is 0.874. The fourth-order valence-electron chi connectivity index (χ4n) is 0.963. The van der Waals surface area contributed by atoms with Crippen molar-refractivity contribution in [1.29, 1.82) is 0 Å². The highest BCUT2D eigenvalue weighted by Crippen LogP contribution is 2.35. The first-order chi connectivity index (χ1) is 6.91. The minimum absolute atomic E-state index is 0.372. The highest BCUT2D eigenvalue weighted by atomic mass is 79.9. The van der Waals surface area contributed by atoms with Crippen molar-refractivity contribution in [1.82, 2.24) is 5.32 Å². The van der Waals surface area contributed by atoms with E-state index in [1.807, 2.05) is 0 Å². The van der Waals surface area contributed by atoms with E-state index in [9.17, 15) is 9.59 Å². The van der Waals surface area contributed by atoms with Crippen LogP contribution in [-0.2, 0) is 9.59 Å². The van der Waals surface area contributed by atoms with Crippen molar-refractivity contribution in [3.8, 4) is 0 Å². The van der Waals surface area contributed by atoms with Gasteiger partial charge < -0.3 is 10.4 Å². The molecule has 1 amide bonds. The average molecular weight is 357 g/mol. The Bertz CT molecular complexity index is 385. The van der Waals surface area contributed by atoms with Gasteiger partial charge in [0.05, 0.1) is 3.79 Å². The maximum atomic E-state index is 10.9. The smallest absolute Gasteiger partial charge is 0.331 e. The van der Waals surface area contributed by atoms with Crippen LogP contribution in [-0.4, -0.2) is 17.0 Å². The normalized spacial score (nSPS) is 12.2. The van der Waals surface area contributed by atoms with Gasteiger partial charge >= 0.3 is 5.97 Å². The van der Waals surface area contributed by atoms with E-state index in [0.717, 1.165) is 8.26 Å². The second kappa shape index (κ2) is 5.09. The van der Waals surface area contributed by atoms with E-state index in [1.54, 1.807) is 6.07 Å². The monoisotopic (exact) mass is 355 g/mol. The van der Waals surface area contributed by atoms with Gasteiger partial charge in [-0.05, 0) is 37.9 Å². The summed E-state index contributed by atoms with van der Waals surface area (Å²) in [7, 11) is 0. The molecule has 4 nitrogen and oxygen atoms in total. The Labute approximate surface area is 107 Å². The second-order valence-electron chi connectivity index (χ2n) is 2.74. The Hall–Kier alpha value is -0.400. The van der Waals surface area contributed by atoms with Crippen LogP contribution in [0, 0.1) is 0 Å². The molecule has 0 radical (unpaired) electrons. The molecular weight excluding hydrogens is 350 g/mol. The number of hydrogen-bond acceptors (Lipinski definition) is 3. The van der Waals surface area contributed by atoms with E-state index in [0.29, 0.717) is 4.88 Å². The molecule has 0 aliphatic rings. The van der Waals surface area contributed by atoms with Crippen LogP contribution in [0.4, 0.5) is 0 Å². The Balaban J connectivity index is 2.99. The standard InChI is InChI=1S/C8H7Br2NO3S/c1-3(12)11-6(8(13)14)5-2-4(9)7(10)15-5/h2,6H,1H3,(H,11,12)(H,13,14). The summed E-state index contributed by atoms with van der Waals surface area (Å²) in [5.41, 5.74) is 0. The molecule has 1 aromatic rings. The lowest BCUT2D eigenvalue weighted by molar-refractivity contribution is -0.141. The molecule has 0 spiro atoms. The Morgan fingerprint density at radius 3 is 2.47 bits per heavy atom. The number of nitrogens with one attached hydrogen (secondary N) is 1. The van der Waals surface area contributed by atoms with Gasteiger partial charge in [-0.15, -0.1) is 11.3 Å². The van der Waals surface area contributed by atoms with E-state index in [4.69, 9.17) is 5.11 Å². The SMILES string of the molecule is CC(=O)NC(C(=O)O)c1cc(Br)c(Br)s1.